The van der Waals surface area contributed by atoms with Crippen molar-refractivity contribution in [1.29, 1.82) is 0 Å². The second-order valence-corrected chi connectivity index (χ2v) is 7.23. The quantitative estimate of drug-likeness (QED) is 0.654. The summed E-state index contributed by atoms with van der Waals surface area (Å²) in [4.78, 5) is 11.0. The first-order valence-electron chi connectivity index (χ1n) is 6.86. The third-order valence-electron chi connectivity index (χ3n) is 3.54. The summed E-state index contributed by atoms with van der Waals surface area (Å²) in [7, 11) is -0.609. The number of aromatic nitrogens is 3. The van der Waals surface area contributed by atoms with E-state index in [0.29, 0.717) is 5.82 Å². The topological polar surface area (TPSA) is 94.4 Å². The molecule has 0 spiro atoms. The maximum absolute atomic E-state index is 12.1. The number of aryl methyl sites for hydroxylation is 1. The summed E-state index contributed by atoms with van der Waals surface area (Å²) in [5.41, 5.74) is 0. The molecule has 0 amide bonds. The van der Waals surface area contributed by atoms with Crippen LogP contribution in [0.3, 0.4) is 0 Å². The van der Waals surface area contributed by atoms with E-state index in [0.717, 1.165) is 25.2 Å². The Bertz CT molecular complexity index is 611. The molecule has 2 heterocycles. The smallest absolute Gasteiger partial charge is 0.305 e. The Balaban J connectivity index is 1.92. The van der Waals surface area contributed by atoms with Gasteiger partial charge in [-0.2, -0.15) is 4.31 Å². The van der Waals surface area contributed by atoms with Crippen molar-refractivity contribution in [3.05, 3.63) is 11.6 Å². The van der Waals surface area contributed by atoms with Crippen molar-refractivity contribution in [2.24, 2.45) is 0 Å². The molecular weight excluding hydrogens is 296 g/mol. The van der Waals surface area contributed by atoms with Crippen molar-refractivity contribution in [1.82, 2.24) is 19.1 Å². The van der Waals surface area contributed by atoms with E-state index < -0.39 is 16.0 Å². The Morgan fingerprint density at radius 2 is 2.19 bits per heavy atom. The van der Waals surface area contributed by atoms with Gasteiger partial charge in [0.25, 0.3) is 0 Å². The highest BCUT2D eigenvalue weighted by atomic mass is 32.2. The predicted octanol–water partition coefficient (Wildman–Crippen LogP) is -0.0609. The van der Waals surface area contributed by atoms with E-state index in [-0.39, 0.29) is 25.1 Å². The molecule has 8 nitrogen and oxygen atoms in total. The fraction of sp³-hybridized carbons (Fsp3) is 0.750. The molecule has 0 atom stereocenters. The molecule has 0 bridgehead atoms. The minimum Gasteiger partial charge on any atom is -0.469 e. The van der Waals surface area contributed by atoms with Crippen LogP contribution < -0.4 is 0 Å². The van der Waals surface area contributed by atoms with E-state index in [9.17, 15) is 13.2 Å². The number of methoxy groups -OCH3 is 1. The van der Waals surface area contributed by atoms with Crippen LogP contribution >= 0.6 is 0 Å². The standard InChI is InChI=1S/C12H20N4O4S/c1-15(21(18,19)8-4-6-12(17)20-2)9-11-14-13-10-5-3-7-16(10)11/h3-9H2,1-2H3. The first-order valence-corrected chi connectivity index (χ1v) is 8.47. The summed E-state index contributed by atoms with van der Waals surface area (Å²) in [6.07, 6.45) is 2.26. The van der Waals surface area contributed by atoms with Gasteiger partial charge in [0.15, 0.2) is 0 Å². The molecule has 0 saturated heterocycles. The van der Waals surface area contributed by atoms with E-state index in [2.05, 4.69) is 14.9 Å². The number of nitrogens with zero attached hydrogens (tertiary/aromatic N) is 4. The Morgan fingerprint density at radius 3 is 2.90 bits per heavy atom. The molecule has 1 aromatic rings. The van der Waals surface area contributed by atoms with Crippen molar-refractivity contribution in [2.45, 2.75) is 38.8 Å². The lowest BCUT2D eigenvalue weighted by molar-refractivity contribution is -0.140. The van der Waals surface area contributed by atoms with Gasteiger partial charge in [-0.05, 0) is 12.8 Å². The second kappa shape index (κ2) is 6.52. The molecule has 0 saturated carbocycles. The van der Waals surface area contributed by atoms with Gasteiger partial charge in [-0.25, -0.2) is 8.42 Å². The van der Waals surface area contributed by atoms with Crippen molar-refractivity contribution in [3.63, 3.8) is 0 Å². The van der Waals surface area contributed by atoms with Crippen LogP contribution in [0.15, 0.2) is 0 Å². The highest BCUT2D eigenvalue weighted by Gasteiger charge is 2.23. The molecule has 0 unspecified atom stereocenters. The number of hydrogen-bond acceptors (Lipinski definition) is 6. The Morgan fingerprint density at radius 1 is 1.43 bits per heavy atom. The van der Waals surface area contributed by atoms with Gasteiger partial charge < -0.3 is 9.30 Å². The lowest BCUT2D eigenvalue weighted by Crippen LogP contribution is -2.30. The van der Waals surface area contributed by atoms with Crippen LogP contribution in [-0.2, 0) is 39.1 Å². The first kappa shape index (κ1) is 15.9. The van der Waals surface area contributed by atoms with Gasteiger partial charge >= 0.3 is 5.97 Å². The van der Waals surface area contributed by atoms with Crippen molar-refractivity contribution in [3.8, 4) is 0 Å². The molecule has 0 aromatic carbocycles. The maximum atomic E-state index is 12.1. The Labute approximate surface area is 124 Å². The number of fused-ring (bicyclic) bond motifs is 1. The molecule has 0 fully saturated rings. The van der Waals surface area contributed by atoms with Gasteiger partial charge in [0.05, 0.1) is 19.4 Å². The van der Waals surface area contributed by atoms with E-state index in [1.165, 1.54) is 18.5 Å². The minimum absolute atomic E-state index is 0.0837. The molecule has 9 heteroatoms. The second-order valence-electron chi connectivity index (χ2n) is 5.04. The summed E-state index contributed by atoms with van der Waals surface area (Å²) in [5, 5.41) is 8.10. The SMILES string of the molecule is COC(=O)CCCS(=O)(=O)N(C)Cc1nnc2n1CCC2. The van der Waals surface area contributed by atoms with Crippen molar-refractivity contribution >= 4 is 16.0 Å². The number of carbonyl (C=O) groups is 1. The summed E-state index contributed by atoms with van der Waals surface area (Å²) < 4.78 is 32.0. The number of sulfonamides is 1. The highest BCUT2D eigenvalue weighted by Crippen LogP contribution is 2.16. The summed E-state index contributed by atoms with van der Waals surface area (Å²) >= 11 is 0. The zero-order chi connectivity index (χ0) is 15.5. The van der Waals surface area contributed by atoms with Gasteiger partial charge in [-0.3, -0.25) is 4.79 Å². The van der Waals surface area contributed by atoms with E-state index >= 15 is 0 Å². The minimum atomic E-state index is -3.41. The first-order chi connectivity index (χ1) is 9.94. The zero-order valence-corrected chi connectivity index (χ0v) is 13.1. The average Bonchev–Trinajstić information content (AvgIpc) is 3.03. The molecule has 21 heavy (non-hydrogen) atoms. The summed E-state index contributed by atoms with van der Waals surface area (Å²) in [6.45, 7) is 1.04. The largest absolute Gasteiger partial charge is 0.469 e. The fourth-order valence-corrected chi connectivity index (χ4v) is 3.41. The van der Waals surface area contributed by atoms with Gasteiger partial charge in [0.1, 0.15) is 11.6 Å². The average molecular weight is 316 g/mol. The van der Waals surface area contributed by atoms with Gasteiger partial charge in [0, 0.05) is 26.4 Å². The van der Waals surface area contributed by atoms with Crippen molar-refractivity contribution in [2.75, 3.05) is 19.9 Å². The number of rotatable bonds is 7. The summed E-state index contributed by atoms with van der Waals surface area (Å²) in [6, 6.07) is 0. The van der Waals surface area contributed by atoms with Crippen LogP contribution in [0.5, 0.6) is 0 Å². The molecule has 118 valence electrons. The van der Waals surface area contributed by atoms with E-state index in [1.807, 2.05) is 4.57 Å². The van der Waals surface area contributed by atoms with Crippen LogP contribution in [0, 0.1) is 0 Å². The van der Waals surface area contributed by atoms with E-state index in [1.54, 1.807) is 0 Å². The lowest BCUT2D eigenvalue weighted by atomic mass is 10.3. The number of esters is 1. The molecule has 2 rings (SSSR count). The third kappa shape index (κ3) is 3.79. The Kier molecular flexibility index (Phi) is 4.94. The molecule has 0 radical (unpaired) electrons. The van der Waals surface area contributed by atoms with Crippen LogP contribution in [-0.4, -0.2) is 53.4 Å². The zero-order valence-electron chi connectivity index (χ0n) is 12.3. The molecule has 0 aliphatic carbocycles. The van der Waals surface area contributed by atoms with Gasteiger partial charge in [0.2, 0.25) is 10.0 Å². The predicted molar refractivity (Wildman–Crippen MR) is 74.8 cm³/mol. The maximum Gasteiger partial charge on any atom is 0.305 e. The molecule has 0 N–H and O–H groups in total. The van der Waals surface area contributed by atoms with Gasteiger partial charge in [-0.1, -0.05) is 0 Å². The van der Waals surface area contributed by atoms with Crippen molar-refractivity contribution < 1.29 is 17.9 Å². The number of carbonyl (C=O) groups excluding carboxylic acids is 1. The monoisotopic (exact) mass is 316 g/mol. The molecule has 1 aromatic heterocycles. The number of ether oxygens (including phenoxy) is 1. The lowest BCUT2D eigenvalue weighted by Gasteiger charge is -2.16. The van der Waals surface area contributed by atoms with Crippen LogP contribution in [0.25, 0.3) is 0 Å². The molecule has 1 aliphatic rings. The highest BCUT2D eigenvalue weighted by molar-refractivity contribution is 7.89. The third-order valence-corrected chi connectivity index (χ3v) is 5.42. The van der Waals surface area contributed by atoms with Crippen LogP contribution in [0.1, 0.15) is 30.9 Å². The Hall–Kier alpha value is -1.48. The normalized spacial score (nSPS) is 14.4. The van der Waals surface area contributed by atoms with Gasteiger partial charge in [-0.15, -0.1) is 10.2 Å². The number of hydrogen-bond donors (Lipinski definition) is 0. The molecule has 1 aliphatic heterocycles. The summed E-state index contributed by atoms with van der Waals surface area (Å²) in [5.74, 6) is 1.10. The van der Waals surface area contributed by atoms with Crippen LogP contribution in [0.4, 0.5) is 0 Å². The van der Waals surface area contributed by atoms with Crippen LogP contribution in [0.2, 0.25) is 0 Å². The fourth-order valence-electron chi connectivity index (χ4n) is 2.28. The molecular formula is C12H20N4O4S. The van der Waals surface area contributed by atoms with E-state index in [4.69, 9.17) is 0 Å².